The van der Waals surface area contributed by atoms with E-state index < -0.39 is 0 Å². The van der Waals surface area contributed by atoms with Crippen molar-refractivity contribution in [1.82, 2.24) is 5.32 Å². The Bertz CT molecular complexity index is 93.7. The van der Waals surface area contributed by atoms with E-state index in [9.17, 15) is 0 Å². The summed E-state index contributed by atoms with van der Waals surface area (Å²) in [5, 5.41) is 3.31. The van der Waals surface area contributed by atoms with Gasteiger partial charge < -0.3 is 10.1 Å². The van der Waals surface area contributed by atoms with Crippen LogP contribution >= 0.6 is 45.2 Å². The number of hydrogen-bond acceptors (Lipinski definition) is 2. The third-order valence-corrected chi connectivity index (χ3v) is 2.34. The smallest absolute Gasteiger partial charge is 0.159 e. The first-order valence-electron chi connectivity index (χ1n) is 3.39. The van der Waals surface area contributed by atoms with E-state index in [0.717, 1.165) is 19.1 Å². The highest BCUT2D eigenvalue weighted by Gasteiger charge is 2.14. The van der Waals surface area contributed by atoms with Crippen LogP contribution in [0.25, 0.3) is 0 Å². The number of halogens is 2. The highest BCUT2D eigenvalue weighted by atomic mass is 127. The molecule has 1 fully saturated rings. The molecule has 0 aromatic carbocycles. The van der Waals surface area contributed by atoms with Crippen molar-refractivity contribution in [2.24, 2.45) is 5.92 Å². The number of ether oxygens (including phenoxy) is 1. The van der Waals surface area contributed by atoms with Gasteiger partial charge in [0.05, 0.1) is 6.61 Å². The fourth-order valence-electron chi connectivity index (χ4n) is 1.07. The molecule has 0 aromatic rings. The zero-order valence-electron chi connectivity index (χ0n) is 5.65. The molecule has 0 radical (unpaired) electrons. The lowest BCUT2D eigenvalue weighted by Crippen LogP contribution is -2.14. The largest absolute Gasteiger partial charge is 0.358 e. The van der Waals surface area contributed by atoms with E-state index in [-0.39, 0.29) is 0 Å². The maximum Gasteiger partial charge on any atom is 0.159 e. The minimum atomic E-state index is 0.329. The molecule has 2 nitrogen and oxygen atoms in total. The van der Waals surface area contributed by atoms with Crippen LogP contribution in [0, 0.1) is 5.92 Å². The Labute approximate surface area is 88.7 Å². The normalized spacial score (nSPS) is 26.1. The molecule has 1 rings (SSSR count). The van der Waals surface area contributed by atoms with Gasteiger partial charge in [-0.1, -0.05) is 0 Å². The van der Waals surface area contributed by atoms with Gasteiger partial charge in [-0.05, 0) is 64.1 Å². The van der Waals surface area contributed by atoms with Crippen LogP contribution in [0.15, 0.2) is 0 Å². The van der Waals surface area contributed by atoms with Crippen molar-refractivity contribution in [3.05, 3.63) is 0 Å². The molecule has 1 saturated heterocycles. The average molecular weight is 367 g/mol. The summed E-state index contributed by atoms with van der Waals surface area (Å²) in [4.78, 5) is 0. The number of nitrogens with one attached hydrogen (secondary N) is 1. The minimum Gasteiger partial charge on any atom is -0.358 e. The highest BCUT2D eigenvalue weighted by molar-refractivity contribution is 14.2. The van der Waals surface area contributed by atoms with E-state index in [2.05, 4.69) is 50.5 Å². The van der Waals surface area contributed by atoms with Gasteiger partial charge in [0.15, 0.2) is 2.12 Å². The molecule has 1 aliphatic rings. The van der Waals surface area contributed by atoms with Crippen molar-refractivity contribution in [1.29, 1.82) is 0 Å². The summed E-state index contributed by atoms with van der Waals surface area (Å²) in [5.74, 6) is 0.757. The van der Waals surface area contributed by atoms with Crippen molar-refractivity contribution in [2.45, 2.75) is 8.54 Å². The Kier molecular flexibility index (Phi) is 4.83. The molecular formula is C6H11I2NO. The van der Waals surface area contributed by atoms with E-state index in [0.29, 0.717) is 2.12 Å². The van der Waals surface area contributed by atoms with E-state index in [1.807, 2.05) is 0 Å². The molecule has 1 aliphatic heterocycles. The minimum absolute atomic E-state index is 0.329. The topological polar surface area (TPSA) is 21.3 Å². The molecule has 0 saturated carbocycles. The Morgan fingerprint density at radius 1 is 1.60 bits per heavy atom. The zero-order chi connectivity index (χ0) is 7.40. The van der Waals surface area contributed by atoms with Gasteiger partial charge >= 0.3 is 0 Å². The molecule has 1 heterocycles. The number of hydrogen-bond donors (Lipinski definition) is 1. The monoisotopic (exact) mass is 367 g/mol. The summed E-state index contributed by atoms with van der Waals surface area (Å²) in [5.41, 5.74) is 0. The van der Waals surface area contributed by atoms with Gasteiger partial charge in [0.1, 0.15) is 0 Å². The van der Waals surface area contributed by atoms with Crippen LogP contribution < -0.4 is 5.32 Å². The second-order valence-electron chi connectivity index (χ2n) is 2.45. The lowest BCUT2D eigenvalue weighted by Gasteiger charge is -2.09. The molecular weight excluding hydrogens is 356 g/mol. The molecule has 1 atom stereocenters. The Morgan fingerprint density at radius 2 is 2.40 bits per heavy atom. The SMILES string of the molecule is IC(I)OC[C@@H]1CCNC1. The molecule has 0 aromatic heterocycles. The third kappa shape index (κ3) is 3.68. The van der Waals surface area contributed by atoms with Crippen LogP contribution in [0.2, 0.25) is 0 Å². The maximum atomic E-state index is 5.46. The molecule has 10 heavy (non-hydrogen) atoms. The van der Waals surface area contributed by atoms with Gasteiger partial charge in [0.2, 0.25) is 0 Å². The molecule has 0 aliphatic carbocycles. The first kappa shape index (κ1) is 9.47. The number of rotatable bonds is 3. The maximum absolute atomic E-state index is 5.46. The molecule has 0 spiro atoms. The van der Waals surface area contributed by atoms with E-state index >= 15 is 0 Å². The van der Waals surface area contributed by atoms with Crippen LogP contribution in [0.5, 0.6) is 0 Å². The Hall–Kier alpha value is 1.38. The molecule has 0 amide bonds. The van der Waals surface area contributed by atoms with E-state index in [4.69, 9.17) is 4.74 Å². The van der Waals surface area contributed by atoms with Crippen molar-refractivity contribution in [2.75, 3.05) is 19.7 Å². The Balaban J connectivity index is 2.01. The molecule has 60 valence electrons. The fourth-order valence-corrected chi connectivity index (χ4v) is 1.48. The quantitative estimate of drug-likeness (QED) is 0.607. The summed E-state index contributed by atoms with van der Waals surface area (Å²) >= 11 is 4.55. The predicted octanol–water partition coefficient (Wildman–Crippen LogP) is 1.77. The van der Waals surface area contributed by atoms with Crippen molar-refractivity contribution in [3.63, 3.8) is 0 Å². The molecule has 4 heteroatoms. The van der Waals surface area contributed by atoms with Crippen molar-refractivity contribution in [3.8, 4) is 0 Å². The average Bonchev–Trinajstić information content (AvgIpc) is 2.34. The molecule has 1 N–H and O–H groups in total. The standard InChI is InChI=1S/C6H11I2NO/c7-6(8)10-4-5-1-2-9-3-5/h5-6,9H,1-4H2/t5-/m1/s1. The third-order valence-electron chi connectivity index (χ3n) is 1.62. The van der Waals surface area contributed by atoms with Gasteiger partial charge in [0.25, 0.3) is 0 Å². The van der Waals surface area contributed by atoms with Crippen molar-refractivity contribution < 1.29 is 4.74 Å². The van der Waals surface area contributed by atoms with Crippen LogP contribution in [-0.2, 0) is 4.74 Å². The van der Waals surface area contributed by atoms with Crippen LogP contribution in [0.4, 0.5) is 0 Å². The predicted molar refractivity (Wildman–Crippen MR) is 58.8 cm³/mol. The summed E-state index contributed by atoms with van der Waals surface area (Å²) < 4.78 is 5.79. The zero-order valence-corrected chi connectivity index (χ0v) is 9.96. The Morgan fingerprint density at radius 3 is 2.90 bits per heavy atom. The van der Waals surface area contributed by atoms with Crippen LogP contribution in [0.3, 0.4) is 0 Å². The lowest BCUT2D eigenvalue weighted by molar-refractivity contribution is 0.144. The molecule has 0 unspecified atom stereocenters. The van der Waals surface area contributed by atoms with Gasteiger partial charge in [0, 0.05) is 6.54 Å². The second kappa shape index (κ2) is 5.10. The first-order chi connectivity index (χ1) is 4.79. The highest BCUT2D eigenvalue weighted by Crippen LogP contribution is 2.15. The summed E-state index contributed by atoms with van der Waals surface area (Å²) in [6, 6.07) is 0. The fraction of sp³-hybridized carbons (Fsp3) is 1.00. The van der Waals surface area contributed by atoms with Crippen LogP contribution in [-0.4, -0.2) is 21.8 Å². The molecule has 0 bridgehead atoms. The summed E-state index contributed by atoms with van der Waals surface area (Å²) in [6.07, 6.45) is 1.28. The van der Waals surface area contributed by atoms with Crippen molar-refractivity contribution >= 4 is 45.2 Å². The van der Waals surface area contributed by atoms with Gasteiger partial charge in [-0.25, -0.2) is 0 Å². The van der Waals surface area contributed by atoms with Gasteiger partial charge in [-0.15, -0.1) is 0 Å². The summed E-state index contributed by atoms with van der Waals surface area (Å²) in [7, 11) is 0. The second-order valence-corrected chi connectivity index (χ2v) is 7.10. The van der Waals surface area contributed by atoms with Crippen LogP contribution in [0.1, 0.15) is 6.42 Å². The van der Waals surface area contributed by atoms with E-state index in [1.54, 1.807) is 0 Å². The summed E-state index contributed by atoms with van der Waals surface area (Å²) in [6.45, 7) is 3.23. The first-order valence-corrected chi connectivity index (χ1v) is 5.88. The van der Waals surface area contributed by atoms with Gasteiger partial charge in [-0.2, -0.15) is 0 Å². The lowest BCUT2D eigenvalue weighted by atomic mass is 10.1. The van der Waals surface area contributed by atoms with Gasteiger partial charge in [-0.3, -0.25) is 0 Å². The van der Waals surface area contributed by atoms with E-state index in [1.165, 1.54) is 13.0 Å². The number of alkyl halides is 2.